The first-order valence-corrected chi connectivity index (χ1v) is 5.58. The van der Waals surface area contributed by atoms with Crippen molar-refractivity contribution in [3.05, 3.63) is 42.5 Å². The van der Waals surface area contributed by atoms with Gasteiger partial charge in [-0.1, -0.05) is 37.3 Å². The molecule has 0 saturated heterocycles. The second-order valence-electron chi connectivity index (χ2n) is 3.86. The van der Waals surface area contributed by atoms with E-state index in [1.165, 1.54) is 5.39 Å². The van der Waals surface area contributed by atoms with Gasteiger partial charge >= 0.3 is 0 Å². The average molecular weight is 250 g/mol. The van der Waals surface area contributed by atoms with Crippen LogP contribution in [-0.4, -0.2) is 5.91 Å². The van der Waals surface area contributed by atoms with E-state index in [-0.39, 0.29) is 18.3 Å². The molecule has 2 aromatic rings. The summed E-state index contributed by atoms with van der Waals surface area (Å²) >= 11 is 0. The van der Waals surface area contributed by atoms with Crippen molar-refractivity contribution in [3.63, 3.8) is 0 Å². The fourth-order valence-electron chi connectivity index (χ4n) is 1.72. The number of nitrogens with one attached hydrogen (secondary N) is 1. The van der Waals surface area contributed by atoms with Gasteiger partial charge in [0.05, 0.1) is 0 Å². The summed E-state index contributed by atoms with van der Waals surface area (Å²) in [6.07, 6.45) is 1.45. The third kappa shape index (κ3) is 3.46. The third-order valence-electron chi connectivity index (χ3n) is 2.51. The number of fused-ring (bicyclic) bond motifs is 1. The van der Waals surface area contributed by atoms with E-state index >= 15 is 0 Å². The maximum absolute atomic E-state index is 11.4. The second-order valence-corrected chi connectivity index (χ2v) is 3.86. The van der Waals surface area contributed by atoms with Crippen LogP contribution in [0.5, 0.6) is 0 Å². The molecule has 0 aliphatic rings. The van der Waals surface area contributed by atoms with Gasteiger partial charge in [-0.25, -0.2) is 0 Å². The van der Waals surface area contributed by atoms with Crippen molar-refractivity contribution < 1.29 is 4.79 Å². The normalized spacial score (nSPS) is 9.71. The molecule has 0 atom stereocenters. The highest BCUT2D eigenvalue weighted by Crippen LogP contribution is 2.18. The van der Waals surface area contributed by atoms with Crippen molar-refractivity contribution in [3.8, 4) is 0 Å². The molecule has 1 amide bonds. The number of benzene rings is 2. The minimum atomic E-state index is 0. The van der Waals surface area contributed by atoms with Crippen molar-refractivity contribution in [2.24, 2.45) is 0 Å². The Morgan fingerprint density at radius 3 is 2.53 bits per heavy atom. The first-order valence-electron chi connectivity index (χ1n) is 5.58. The molecule has 0 aliphatic carbocycles. The minimum absolute atomic E-state index is 0. The SMILES string of the molecule is CCCC(=O)Nc1ccc2ccccc2c1.Cl. The van der Waals surface area contributed by atoms with Crippen molar-refractivity contribution in [1.82, 2.24) is 0 Å². The molecular weight excluding hydrogens is 234 g/mol. The molecule has 0 saturated carbocycles. The molecule has 2 aromatic carbocycles. The third-order valence-corrected chi connectivity index (χ3v) is 2.51. The van der Waals surface area contributed by atoms with Crippen LogP contribution in [0, 0.1) is 0 Å². The number of halogens is 1. The predicted molar refractivity (Wildman–Crippen MR) is 74.7 cm³/mol. The first kappa shape index (κ1) is 13.5. The van der Waals surface area contributed by atoms with Crippen molar-refractivity contribution >= 4 is 34.8 Å². The van der Waals surface area contributed by atoms with E-state index in [2.05, 4.69) is 11.4 Å². The van der Waals surface area contributed by atoms with E-state index in [0.717, 1.165) is 17.5 Å². The molecule has 0 fully saturated rings. The number of anilines is 1. The first-order chi connectivity index (χ1) is 7.79. The van der Waals surface area contributed by atoms with Gasteiger partial charge in [0.15, 0.2) is 0 Å². The van der Waals surface area contributed by atoms with Gasteiger partial charge in [0.2, 0.25) is 5.91 Å². The summed E-state index contributed by atoms with van der Waals surface area (Å²) in [6.45, 7) is 2.00. The largest absolute Gasteiger partial charge is 0.326 e. The van der Waals surface area contributed by atoms with Gasteiger partial charge in [-0.15, -0.1) is 12.4 Å². The number of hydrogen-bond acceptors (Lipinski definition) is 1. The van der Waals surface area contributed by atoms with Gasteiger partial charge in [-0.2, -0.15) is 0 Å². The van der Waals surface area contributed by atoms with Crippen LogP contribution in [0.1, 0.15) is 19.8 Å². The summed E-state index contributed by atoms with van der Waals surface area (Å²) in [6, 6.07) is 14.1. The minimum Gasteiger partial charge on any atom is -0.326 e. The summed E-state index contributed by atoms with van der Waals surface area (Å²) in [4.78, 5) is 11.4. The molecule has 2 rings (SSSR count). The lowest BCUT2D eigenvalue weighted by Crippen LogP contribution is -2.10. The number of carbonyl (C=O) groups is 1. The second kappa shape index (κ2) is 6.26. The Balaban J connectivity index is 0.00000144. The molecule has 0 bridgehead atoms. The van der Waals surface area contributed by atoms with Crippen molar-refractivity contribution in [1.29, 1.82) is 0 Å². The zero-order valence-electron chi connectivity index (χ0n) is 9.77. The Morgan fingerprint density at radius 2 is 1.82 bits per heavy atom. The van der Waals surface area contributed by atoms with Gasteiger partial charge in [-0.05, 0) is 29.3 Å². The average Bonchev–Trinajstić information content (AvgIpc) is 2.29. The summed E-state index contributed by atoms with van der Waals surface area (Å²) < 4.78 is 0. The van der Waals surface area contributed by atoms with E-state index < -0.39 is 0 Å². The Kier molecular flexibility index (Phi) is 4.98. The number of amides is 1. The zero-order valence-corrected chi connectivity index (χ0v) is 10.6. The van der Waals surface area contributed by atoms with Crippen LogP contribution in [0.4, 0.5) is 5.69 Å². The molecule has 0 radical (unpaired) electrons. The van der Waals surface area contributed by atoms with Crippen LogP contribution >= 0.6 is 12.4 Å². The Hall–Kier alpha value is -1.54. The molecule has 3 heteroatoms. The molecular formula is C14H16ClNO. The monoisotopic (exact) mass is 249 g/mol. The smallest absolute Gasteiger partial charge is 0.224 e. The molecule has 17 heavy (non-hydrogen) atoms. The lowest BCUT2D eigenvalue weighted by molar-refractivity contribution is -0.116. The number of carbonyl (C=O) groups excluding carboxylic acids is 1. The highest BCUT2D eigenvalue weighted by molar-refractivity contribution is 5.94. The van der Waals surface area contributed by atoms with Crippen molar-refractivity contribution in [2.75, 3.05) is 5.32 Å². The molecule has 0 aromatic heterocycles. The fourth-order valence-corrected chi connectivity index (χ4v) is 1.72. The van der Waals surface area contributed by atoms with Crippen LogP contribution in [0.2, 0.25) is 0 Å². The lowest BCUT2D eigenvalue weighted by atomic mass is 10.1. The molecule has 2 nitrogen and oxygen atoms in total. The molecule has 0 heterocycles. The number of hydrogen-bond donors (Lipinski definition) is 1. The summed E-state index contributed by atoms with van der Waals surface area (Å²) in [5.41, 5.74) is 0.872. The van der Waals surface area contributed by atoms with E-state index in [0.29, 0.717) is 6.42 Å². The highest BCUT2D eigenvalue weighted by Gasteiger charge is 2.01. The van der Waals surface area contributed by atoms with Gasteiger partial charge < -0.3 is 5.32 Å². The van der Waals surface area contributed by atoms with Gasteiger partial charge in [-0.3, -0.25) is 4.79 Å². The van der Waals surface area contributed by atoms with Crippen LogP contribution in [0.15, 0.2) is 42.5 Å². The molecule has 90 valence electrons. The van der Waals surface area contributed by atoms with Crippen molar-refractivity contribution in [2.45, 2.75) is 19.8 Å². The van der Waals surface area contributed by atoms with Crippen LogP contribution in [0.25, 0.3) is 10.8 Å². The van der Waals surface area contributed by atoms with Crippen LogP contribution in [-0.2, 0) is 4.79 Å². The number of rotatable bonds is 3. The lowest BCUT2D eigenvalue weighted by Gasteiger charge is -2.05. The van der Waals surface area contributed by atoms with Crippen LogP contribution < -0.4 is 5.32 Å². The van der Waals surface area contributed by atoms with Gasteiger partial charge in [0.25, 0.3) is 0 Å². The van der Waals surface area contributed by atoms with E-state index in [1.807, 2.05) is 43.3 Å². The van der Waals surface area contributed by atoms with Crippen LogP contribution in [0.3, 0.4) is 0 Å². The Morgan fingerprint density at radius 1 is 1.12 bits per heavy atom. The summed E-state index contributed by atoms with van der Waals surface area (Å²) in [5.74, 6) is 0.0813. The standard InChI is InChI=1S/C14H15NO.ClH/c1-2-5-14(16)15-13-9-8-11-6-3-4-7-12(11)10-13;/h3-4,6-10H,2,5H2,1H3,(H,15,16);1H. The Labute approximate surface area is 107 Å². The van der Waals surface area contributed by atoms with Gasteiger partial charge in [0.1, 0.15) is 0 Å². The summed E-state index contributed by atoms with van der Waals surface area (Å²) in [5, 5.41) is 5.24. The molecule has 1 N–H and O–H groups in total. The molecule has 0 unspecified atom stereocenters. The quantitative estimate of drug-likeness (QED) is 0.875. The van der Waals surface area contributed by atoms with E-state index in [1.54, 1.807) is 0 Å². The zero-order chi connectivity index (χ0) is 11.4. The molecule has 0 spiro atoms. The fraction of sp³-hybridized carbons (Fsp3) is 0.214. The maximum Gasteiger partial charge on any atom is 0.224 e. The molecule has 0 aliphatic heterocycles. The Bertz CT molecular complexity index is 510. The van der Waals surface area contributed by atoms with E-state index in [9.17, 15) is 4.79 Å². The van der Waals surface area contributed by atoms with Gasteiger partial charge in [0, 0.05) is 12.1 Å². The maximum atomic E-state index is 11.4. The summed E-state index contributed by atoms with van der Waals surface area (Å²) in [7, 11) is 0. The highest BCUT2D eigenvalue weighted by atomic mass is 35.5. The topological polar surface area (TPSA) is 29.1 Å². The predicted octanol–water partition coefficient (Wildman–Crippen LogP) is 4.00. The van der Waals surface area contributed by atoms with E-state index in [4.69, 9.17) is 0 Å².